The normalized spacial score (nSPS) is 18.5. The zero-order chi connectivity index (χ0) is 32.1. The maximum absolute atomic E-state index is 13.9. The van der Waals surface area contributed by atoms with E-state index in [4.69, 9.17) is 0 Å². The monoisotopic (exact) mass is 665 g/mol. The first-order valence-corrected chi connectivity index (χ1v) is 20.9. The number of hydrogen-bond donors (Lipinski definition) is 0. The van der Waals surface area contributed by atoms with Crippen molar-refractivity contribution in [2.24, 2.45) is 11.8 Å². The number of unbranched alkanes of at least 4 members (excludes halogenated alkanes) is 6. The quantitative estimate of drug-likeness (QED) is 0.117. The van der Waals surface area contributed by atoms with E-state index in [2.05, 4.69) is 65.5 Å². The Hall–Kier alpha value is -1.43. The summed E-state index contributed by atoms with van der Waals surface area (Å²) in [5.41, 5.74) is 5.67. The predicted molar refractivity (Wildman–Crippen MR) is 201 cm³/mol. The number of amides is 1. The van der Waals surface area contributed by atoms with Crippen LogP contribution in [0, 0.1) is 25.7 Å². The van der Waals surface area contributed by atoms with Crippen LogP contribution in [0.1, 0.15) is 168 Å². The van der Waals surface area contributed by atoms with Crippen LogP contribution >= 0.6 is 34.0 Å². The summed E-state index contributed by atoms with van der Waals surface area (Å²) >= 11 is 5.90. The van der Waals surface area contributed by atoms with Crippen molar-refractivity contribution in [3.8, 4) is 19.5 Å². The number of fused-ring (bicyclic) bond motifs is 4. The van der Waals surface area contributed by atoms with Gasteiger partial charge in [0.2, 0.25) is 0 Å². The molecule has 1 aliphatic carbocycles. The van der Waals surface area contributed by atoms with Crippen molar-refractivity contribution in [2.75, 3.05) is 6.54 Å². The van der Waals surface area contributed by atoms with Gasteiger partial charge in [-0.25, -0.2) is 0 Å². The fourth-order valence-corrected chi connectivity index (χ4v) is 12.1. The molecule has 1 aliphatic heterocycles. The molecule has 0 radical (unpaired) electrons. The van der Waals surface area contributed by atoms with E-state index in [0.29, 0.717) is 0 Å². The van der Waals surface area contributed by atoms with Gasteiger partial charge in [-0.3, -0.25) is 4.79 Å². The lowest BCUT2D eigenvalue weighted by Crippen LogP contribution is -2.31. The Kier molecular flexibility index (Phi) is 12.1. The van der Waals surface area contributed by atoms with Crippen LogP contribution in [-0.2, 0) is 12.0 Å². The molecule has 0 bridgehead atoms. The predicted octanol–water partition coefficient (Wildman–Crippen LogP) is 13.6. The SMILES string of the molecule is CCCCCCCN1Cc2c(C)sc(-c3cc4c(s3)-c3sc(C)cc3C4(CC(CC)CCCC)CC(CC)CCCC)c2C1=O. The number of carbonyl (C=O) groups is 1. The molecule has 2 atom stereocenters. The lowest BCUT2D eigenvalue weighted by atomic mass is 9.65. The van der Waals surface area contributed by atoms with Crippen LogP contribution < -0.4 is 0 Å². The number of hydrogen-bond acceptors (Lipinski definition) is 4. The highest BCUT2D eigenvalue weighted by Gasteiger charge is 2.48. The Bertz CT molecular complexity index is 1410. The van der Waals surface area contributed by atoms with Crippen molar-refractivity contribution in [2.45, 2.75) is 157 Å². The Morgan fingerprint density at radius 2 is 1.33 bits per heavy atom. The summed E-state index contributed by atoms with van der Waals surface area (Å²) in [7, 11) is 0. The molecule has 0 N–H and O–H groups in total. The molecule has 0 aromatic carbocycles. The summed E-state index contributed by atoms with van der Waals surface area (Å²) in [6, 6.07) is 5.16. The summed E-state index contributed by atoms with van der Waals surface area (Å²) in [6.45, 7) is 18.1. The third-order valence-electron chi connectivity index (χ3n) is 11.0. The maximum Gasteiger partial charge on any atom is 0.256 e. The molecule has 2 nitrogen and oxygen atoms in total. The molecule has 0 fully saturated rings. The minimum atomic E-state index is 0.0943. The van der Waals surface area contributed by atoms with Crippen LogP contribution in [0.3, 0.4) is 0 Å². The van der Waals surface area contributed by atoms with Crippen LogP contribution in [0.4, 0.5) is 0 Å². The lowest BCUT2D eigenvalue weighted by molar-refractivity contribution is 0.0776. The van der Waals surface area contributed by atoms with Crippen molar-refractivity contribution in [1.82, 2.24) is 4.90 Å². The average Bonchev–Trinajstić information content (AvgIpc) is 3.83. The highest BCUT2D eigenvalue weighted by atomic mass is 32.1. The number of nitrogens with zero attached hydrogens (tertiary/aromatic N) is 1. The Morgan fingerprint density at radius 3 is 1.96 bits per heavy atom. The van der Waals surface area contributed by atoms with E-state index in [1.54, 1.807) is 16.0 Å². The topological polar surface area (TPSA) is 20.3 Å². The standard InChI is InChI=1S/C40H59NOS3/c1-8-13-16-17-18-21-41-26-31-28(7)44-38(35(31)39(41)42)34-23-33-37(45-34)36-32(22-27(6)43-36)40(33,24-29(11-4)19-14-9-2)25-30(12-5)20-15-10-3/h22-23,29-30H,8-21,24-26H2,1-7H3. The molecule has 248 valence electrons. The van der Waals surface area contributed by atoms with Gasteiger partial charge in [-0.15, -0.1) is 34.0 Å². The highest BCUT2D eigenvalue weighted by Crippen LogP contribution is 2.62. The Morgan fingerprint density at radius 1 is 0.733 bits per heavy atom. The third kappa shape index (κ3) is 7.07. The van der Waals surface area contributed by atoms with Crippen LogP contribution in [-0.4, -0.2) is 17.4 Å². The van der Waals surface area contributed by atoms with Crippen LogP contribution in [0.15, 0.2) is 12.1 Å². The van der Waals surface area contributed by atoms with Crippen molar-refractivity contribution < 1.29 is 4.79 Å². The van der Waals surface area contributed by atoms with Gasteiger partial charge in [0.15, 0.2) is 0 Å². The molecule has 5 heteroatoms. The molecule has 2 aliphatic rings. The first kappa shape index (κ1) is 34.9. The molecular formula is C40H59NOS3. The molecule has 5 rings (SSSR count). The minimum Gasteiger partial charge on any atom is -0.334 e. The zero-order valence-electron chi connectivity index (χ0n) is 29.4. The summed E-state index contributed by atoms with van der Waals surface area (Å²) in [5, 5.41) is 0. The van der Waals surface area contributed by atoms with Gasteiger partial charge in [-0.2, -0.15) is 0 Å². The Labute approximate surface area is 287 Å². The fourth-order valence-electron chi connectivity index (χ4n) is 8.28. The van der Waals surface area contributed by atoms with Gasteiger partial charge in [-0.05, 0) is 73.8 Å². The van der Waals surface area contributed by atoms with Crippen molar-refractivity contribution in [3.63, 3.8) is 0 Å². The zero-order valence-corrected chi connectivity index (χ0v) is 31.9. The molecule has 4 heterocycles. The second-order valence-corrected chi connectivity index (χ2v) is 17.8. The molecule has 1 amide bonds. The van der Waals surface area contributed by atoms with E-state index in [1.165, 1.54) is 120 Å². The summed E-state index contributed by atoms with van der Waals surface area (Å²) < 4.78 is 0. The average molecular weight is 666 g/mol. The van der Waals surface area contributed by atoms with E-state index in [-0.39, 0.29) is 11.3 Å². The number of aryl methyl sites for hydroxylation is 2. The lowest BCUT2D eigenvalue weighted by Gasteiger charge is -2.37. The number of thiophene rings is 3. The van der Waals surface area contributed by atoms with Crippen molar-refractivity contribution in [1.29, 1.82) is 0 Å². The van der Waals surface area contributed by atoms with E-state index < -0.39 is 0 Å². The van der Waals surface area contributed by atoms with Gasteiger partial charge in [0, 0.05) is 42.9 Å². The molecule has 45 heavy (non-hydrogen) atoms. The largest absolute Gasteiger partial charge is 0.334 e. The molecular weight excluding hydrogens is 607 g/mol. The van der Waals surface area contributed by atoms with Gasteiger partial charge in [-0.1, -0.05) is 112 Å². The van der Waals surface area contributed by atoms with Gasteiger partial charge < -0.3 is 4.90 Å². The molecule has 2 unspecified atom stereocenters. The smallest absolute Gasteiger partial charge is 0.256 e. The second kappa shape index (κ2) is 15.6. The maximum atomic E-state index is 13.9. The van der Waals surface area contributed by atoms with Gasteiger partial charge in [0.25, 0.3) is 5.91 Å². The fraction of sp³-hybridized carbons (Fsp3) is 0.675. The van der Waals surface area contributed by atoms with E-state index >= 15 is 0 Å². The van der Waals surface area contributed by atoms with Gasteiger partial charge in [0.1, 0.15) is 0 Å². The Balaban J connectivity index is 1.54. The summed E-state index contributed by atoms with van der Waals surface area (Å²) in [5.74, 6) is 1.77. The molecule has 0 saturated heterocycles. The second-order valence-electron chi connectivity index (χ2n) is 14.3. The van der Waals surface area contributed by atoms with Crippen molar-refractivity contribution in [3.05, 3.63) is 44.1 Å². The highest BCUT2D eigenvalue weighted by molar-refractivity contribution is 7.27. The summed E-state index contributed by atoms with van der Waals surface area (Å²) in [4.78, 5) is 24.5. The number of carbonyl (C=O) groups excluding carboxylic acids is 1. The van der Waals surface area contributed by atoms with Crippen molar-refractivity contribution >= 4 is 39.9 Å². The molecule has 3 aromatic heterocycles. The summed E-state index contributed by atoms with van der Waals surface area (Å²) in [6.07, 6.45) is 19.2. The first-order valence-electron chi connectivity index (χ1n) is 18.5. The number of rotatable bonds is 19. The minimum absolute atomic E-state index is 0.0943. The van der Waals surface area contributed by atoms with Crippen LogP contribution in [0.2, 0.25) is 0 Å². The van der Waals surface area contributed by atoms with Crippen LogP contribution in [0.25, 0.3) is 19.5 Å². The third-order valence-corrected chi connectivity index (χ3v) is 14.7. The van der Waals surface area contributed by atoms with E-state index in [1.807, 2.05) is 34.0 Å². The van der Waals surface area contributed by atoms with Gasteiger partial charge >= 0.3 is 0 Å². The van der Waals surface area contributed by atoms with E-state index in [9.17, 15) is 4.79 Å². The molecule has 0 saturated carbocycles. The van der Waals surface area contributed by atoms with Crippen LogP contribution in [0.5, 0.6) is 0 Å². The first-order chi connectivity index (χ1) is 21.8. The van der Waals surface area contributed by atoms with Gasteiger partial charge in [0.05, 0.1) is 10.4 Å². The molecule has 0 spiro atoms. The molecule has 3 aromatic rings. The van der Waals surface area contributed by atoms with E-state index in [0.717, 1.165) is 36.9 Å².